The van der Waals surface area contributed by atoms with E-state index >= 15 is 0 Å². The van der Waals surface area contributed by atoms with Crippen LogP contribution in [0.2, 0.25) is 0 Å². The lowest BCUT2D eigenvalue weighted by molar-refractivity contribution is -0.141. The van der Waals surface area contributed by atoms with Gasteiger partial charge in [-0.05, 0) is 12.8 Å². The van der Waals surface area contributed by atoms with Crippen molar-refractivity contribution in [1.29, 1.82) is 0 Å². The number of primary amides is 1. The number of urea groups is 1. The monoisotopic (exact) mass is 386 g/mol. The number of hydrogen-bond acceptors (Lipinski definition) is 8. The maximum Gasteiger partial charge on any atom is 0.328 e. The van der Waals surface area contributed by atoms with Crippen LogP contribution in [0.25, 0.3) is 0 Å². The van der Waals surface area contributed by atoms with Gasteiger partial charge in [0.1, 0.15) is 6.04 Å². The zero-order valence-electron chi connectivity index (χ0n) is 15.4. The molecule has 0 aliphatic carbocycles. The van der Waals surface area contributed by atoms with E-state index in [0.717, 1.165) is 6.42 Å². The number of carboxylic acids is 1. The molecule has 0 bridgehead atoms. The van der Waals surface area contributed by atoms with E-state index in [1.165, 1.54) is 6.92 Å². The highest BCUT2D eigenvalue weighted by molar-refractivity contribution is 5.83. The highest BCUT2D eigenvalue weighted by Gasteiger charge is 2.29. The van der Waals surface area contributed by atoms with Crippen LogP contribution in [-0.2, 0) is 9.59 Å². The predicted molar refractivity (Wildman–Crippen MR) is 92.0 cm³/mol. The van der Waals surface area contributed by atoms with E-state index in [9.17, 15) is 19.5 Å². The summed E-state index contributed by atoms with van der Waals surface area (Å²) in [7, 11) is 0. The second kappa shape index (κ2) is 9.83. The van der Waals surface area contributed by atoms with Crippen molar-refractivity contribution in [2.45, 2.75) is 57.8 Å². The molecule has 12 nitrogen and oxygen atoms in total. The number of hydrogen-bond donors (Lipinski definition) is 6. The highest BCUT2D eigenvalue weighted by atomic mass is 16.5. The molecule has 12 heteroatoms. The molecular formula is C15H26N6O6. The lowest BCUT2D eigenvalue weighted by Crippen LogP contribution is -2.52. The average molecular weight is 386 g/mol. The number of carbonyl (C=O) groups excluding carboxylic acids is 2. The molecule has 2 unspecified atom stereocenters. The quantitative estimate of drug-likeness (QED) is 0.296. The summed E-state index contributed by atoms with van der Waals surface area (Å²) in [5.41, 5.74) is 11.2. The number of carbonyl (C=O) groups is 3. The van der Waals surface area contributed by atoms with Gasteiger partial charge in [-0.3, -0.25) is 4.79 Å². The fraction of sp³-hybridized carbons (Fsp3) is 0.667. The third-order valence-electron chi connectivity index (χ3n) is 4.06. The molecule has 1 rings (SSSR count). The molecule has 27 heavy (non-hydrogen) atoms. The summed E-state index contributed by atoms with van der Waals surface area (Å²) in [5, 5.41) is 26.6. The van der Waals surface area contributed by atoms with Gasteiger partial charge in [-0.25, -0.2) is 9.59 Å². The fourth-order valence-corrected chi connectivity index (χ4v) is 2.16. The first-order valence-corrected chi connectivity index (χ1v) is 8.42. The third-order valence-corrected chi connectivity index (χ3v) is 4.06. The fourth-order valence-electron chi connectivity index (χ4n) is 2.16. The maximum absolute atomic E-state index is 12.1. The maximum atomic E-state index is 12.1. The van der Waals surface area contributed by atoms with Gasteiger partial charge in [-0.2, -0.15) is 4.98 Å². The Kier molecular flexibility index (Phi) is 8.12. The Hall–Kier alpha value is -2.73. The third kappa shape index (κ3) is 6.49. The molecule has 0 aliphatic rings. The molecule has 5 atom stereocenters. The minimum Gasteiger partial charge on any atom is -0.480 e. The van der Waals surface area contributed by atoms with Crippen molar-refractivity contribution < 1.29 is 29.1 Å². The summed E-state index contributed by atoms with van der Waals surface area (Å²) in [4.78, 5) is 38.5. The molecule has 0 aliphatic heterocycles. The van der Waals surface area contributed by atoms with Gasteiger partial charge in [0.25, 0.3) is 0 Å². The Balaban J connectivity index is 2.93. The number of rotatable bonds is 10. The van der Waals surface area contributed by atoms with E-state index in [1.807, 2.05) is 13.8 Å². The van der Waals surface area contributed by atoms with Crippen LogP contribution in [0, 0.1) is 5.92 Å². The number of amides is 3. The largest absolute Gasteiger partial charge is 0.480 e. The SMILES string of the molecule is CCC(C)[C@H](N)c1noc([C@H](CC(N)=O)NC(=O)N[C@H](C(=O)O)C(C)O)n1. The molecule has 1 heterocycles. The van der Waals surface area contributed by atoms with E-state index in [0.29, 0.717) is 0 Å². The average Bonchev–Trinajstić information content (AvgIpc) is 3.06. The lowest BCUT2D eigenvalue weighted by Gasteiger charge is -2.19. The Morgan fingerprint density at radius 3 is 2.37 bits per heavy atom. The smallest absolute Gasteiger partial charge is 0.328 e. The summed E-state index contributed by atoms with van der Waals surface area (Å²) in [6, 6.07) is -4.09. The first kappa shape index (κ1) is 22.3. The zero-order chi connectivity index (χ0) is 20.7. The van der Waals surface area contributed by atoms with Crippen LogP contribution >= 0.6 is 0 Å². The van der Waals surface area contributed by atoms with Crippen LogP contribution in [0.4, 0.5) is 4.79 Å². The molecule has 3 amide bonds. The summed E-state index contributed by atoms with van der Waals surface area (Å²) in [6.07, 6.45) is -0.918. The number of nitrogens with one attached hydrogen (secondary N) is 2. The van der Waals surface area contributed by atoms with Crippen LogP contribution in [-0.4, -0.2) is 50.4 Å². The highest BCUT2D eigenvalue weighted by Crippen LogP contribution is 2.22. The Labute approximate surface area is 155 Å². The molecule has 0 aromatic carbocycles. The van der Waals surface area contributed by atoms with Gasteiger partial charge in [0, 0.05) is 0 Å². The van der Waals surface area contributed by atoms with E-state index in [-0.39, 0.29) is 24.1 Å². The Morgan fingerprint density at radius 1 is 1.26 bits per heavy atom. The van der Waals surface area contributed by atoms with Gasteiger partial charge in [0.2, 0.25) is 11.8 Å². The molecule has 0 radical (unpaired) electrons. The van der Waals surface area contributed by atoms with Crippen molar-refractivity contribution in [3.63, 3.8) is 0 Å². The number of nitrogens with zero attached hydrogens (tertiary/aromatic N) is 2. The predicted octanol–water partition coefficient (Wildman–Crippen LogP) is -0.835. The number of nitrogens with two attached hydrogens (primary N) is 2. The van der Waals surface area contributed by atoms with E-state index in [1.54, 1.807) is 0 Å². The Morgan fingerprint density at radius 2 is 1.89 bits per heavy atom. The summed E-state index contributed by atoms with van der Waals surface area (Å²) >= 11 is 0. The number of carboxylic acid groups (broad SMARTS) is 1. The Bertz CT molecular complexity index is 663. The topological polar surface area (TPSA) is 207 Å². The summed E-state index contributed by atoms with van der Waals surface area (Å²) < 4.78 is 5.09. The van der Waals surface area contributed by atoms with Gasteiger partial charge >= 0.3 is 12.0 Å². The summed E-state index contributed by atoms with van der Waals surface area (Å²) in [6.45, 7) is 5.07. The molecule has 0 saturated carbocycles. The number of aromatic nitrogens is 2. The molecule has 0 fully saturated rings. The van der Waals surface area contributed by atoms with Gasteiger partial charge in [-0.15, -0.1) is 0 Å². The molecule has 1 aromatic rings. The summed E-state index contributed by atoms with van der Waals surface area (Å²) in [5.74, 6) is -1.99. The normalized spacial score (nSPS) is 16.6. The first-order chi connectivity index (χ1) is 12.6. The van der Waals surface area contributed by atoms with Crippen molar-refractivity contribution in [2.24, 2.45) is 17.4 Å². The van der Waals surface area contributed by atoms with E-state index in [2.05, 4.69) is 20.8 Å². The second-order valence-corrected chi connectivity index (χ2v) is 6.30. The lowest BCUT2D eigenvalue weighted by atomic mass is 10.00. The van der Waals surface area contributed by atoms with Crippen LogP contribution in [0.5, 0.6) is 0 Å². The van der Waals surface area contributed by atoms with Crippen molar-refractivity contribution in [2.75, 3.05) is 0 Å². The molecule has 8 N–H and O–H groups in total. The van der Waals surface area contributed by atoms with Crippen LogP contribution < -0.4 is 22.1 Å². The second-order valence-electron chi connectivity index (χ2n) is 6.30. The van der Waals surface area contributed by atoms with Crippen LogP contribution in [0.3, 0.4) is 0 Å². The van der Waals surface area contributed by atoms with Crippen molar-refractivity contribution in [3.8, 4) is 0 Å². The number of aliphatic hydroxyl groups is 1. The van der Waals surface area contributed by atoms with Crippen LogP contribution in [0.1, 0.15) is 57.4 Å². The zero-order valence-corrected chi connectivity index (χ0v) is 15.4. The van der Waals surface area contributed by atoms with Crippen molar-refractivity contribution in [3.05, 3.63) is 11.7 Å². The van der Waals surface area contributed by atoms with Gasteiger partial charge < -0.3 is 36.8 Å². The van der Waals surface area contributed by atoms with Gasteiger partial charge in [0.15, 0.2) is 11.9 Å². The molecular weight excluding hydrogens is 360 g/mol. The molecule has 152 valence electrons. The van der Waals surface area contributed by atoms with Gasteiger partial charge in [0.05, 0.1) is 18.6 Å². The molecule has 1 aromatic heterocycles. The van der Waals surface area contributed by atoms with Gasteiger partial charge in [-0.1, -0.05) is 25.4 Å². The minimum absolute atomic E-state index is 0.0728. The number of aliphatic hydroxyl groups excluding tert-OH is 1. The van der Waals surface area contributed by atoms with Crippen molar-refractivity contribution >= 4 is 17.9 Å². The first-order valence-electron chi connectivity index (χ1n) is 8.42. The minimum atomic E-state index is -1.55. The number of aliphatic carboxylic acids is 1. The molecule has 0 spiro atoms. The molecule has 0 saturated heterocycles. The van der Waals surface area contributed by atoms with E-state index < -0.39 is 42.1 Å². The van der Waals surface area contributed by atoms with Crippen molar-refractivity contribution in [1.82, 2.24) is 20.8 Å². The van der Waals surface area contributed by atoms with Crippen LogP contribution in [0.15, 0.2) is 4.52 Å². The standard InChI is InChI=1S/C15H26N6O6/c1-4-6(2)10(17)12-20-13(27-21-12)8(5-9(16)23)18-15(26)19-11(7(3)22)14(24)25/h6-8,10-11,22H,4-5,17H2,1-3H3,(H2,16,23)(H,24,25)(H2,18,19,26)/t6?,7?,8-,10-,11-/m0/s1. The van der Waals surface area contributed by atoms with E-state index in [4.69, 9.17) is 21.1 Å².